The molecule has 146 valence electrons. The van der Waals surface area contributed by atoms with Gasteiger partial charge in [0.15, 0.2) is 0 Å². The van der Waals surface area contributed by atoms with Crippen LogP contribution in [0.2, 0.25) is 0 Å². The van der Waals surface area contributed by atoms with E-state index in [1.165, 1.54) is 6.21 Å². The molecule has 0 aliphatic heterocycles. The highest BCUT2D eigenvalue weighted by molar-refractivity contribution is 9.10. The van der Waals surface area contributed by atoms with E-state index in [0.717, 1.165) is 10.0 Å². The van der Waals surface area contributed by atoms with Gasteiger partial charge in [-0.1, -0.05) is 15.9 Å². The number of hydrogen-bond donors (Lipinski definition) is 1. The first-order valence-corrected chi connectivity index (χ1v) is 9.40. The smallest absolute Gasteiger partial charge is 0.343 e. The monoisotopic (exact) mass is 452 g/mol. The van der Waals surface area contributed by atoms with E-state index in [1.807, 2.05) is 0 Å². The fourth-order valence-electron chi connectivity index (χ4n) is 2.35. The molecular weight excluding hydrogens is 436 g/mol. The fourth-order valence-corrected chi connectivity index (χ4v) is 2.61. The van der Waals surface area contributed by atoms with Crippen molar-refractivity contribution >= 4 is 34.0 Å². The minimum Gasteiger partial charge on any atom is -0.497 e. The maximum atomic E-state index is 12.1. The summed E-state index contributed by atoms with van der Waals surface area (Å²) < 4.78 is 11.3. The third-order valence-electron chi connectivity index (χ3n) is 3.90. The Balaban J connectivity index is 1.54. The summed E-state index contributed by atoms with van der Waals surface area (Å²) in [4.78, 5) is 24.2. The molecule has 0 aliphatic carbocycles. The van der Waals surface area contributed by atoms with Gasteiger partial charge in [0.25, 0.3) is 5.91 Å². The standard InChI is InChI=1S/C22H17BrN2O4/c1-28-19-12-6-16(7-13-19)21(26)25-24-14-15-2-10-20(11-3-15)29-22(27)17-4-8-18(23)9-5-17/h2-14H,1H3,(H,25,26)/b24-14+. The molecule has 3 rings (SSSR count). The first-order valence-electron chi connectivity index (χ1n) is 8.60. The van der Waals surface area contributed by atoms with Gasteiger partial charge < -0.3 is 9.47 Å². The van der Waals surface area contributed by atoms with E-state index in [1.54, 1.807) is 79.9 Å². The number of benzene rings is 3. The van der Waals surface area contributed by atoms with Gasteiger partial charge >= 0.3 is 5.97 Å². The Labute approximate surface area is 176 Å². The molecular formula is C22H17BrN2O4. The number of methoxy groups -OCH3 is 1. The first-order chi connectivity index (χ1) is 14.0. The molecule has 1 amide bonds. The van der Waals surface area contributed by atoms with Crippen molar-refractivity contribution < 1.29 is 19.1 Å². The second-order valence-corrected chi connectivity index (χ2v) is 6.81. The number of nitrogens with one attached hydrogen (secondary N) is 1. The van der Waals surface area contributed by atoms with E-state index in [9.17, 15) is 9.59 Å². The molecule has 0 fully saturated rings. The molecule has 0 radical (unpaired) electrons. The van der Waals surface area contributed by atoms with Crippen LogP contribution in [0.3, 0.4) is 0 Å². The van der Waals surface area contributed by atoms with Crippen molar-refractivity contribution in [3.8, 4) is 11.5 Å². The Morgan fingerprint density at radius 1 is 0.862 bits per heavy atom. The van der Waals surface area contributed by atoms with Crippen LogP contribution in [0, 0.1) is 0 Å². The number of hydrogen-bond acceptors (Lipinski definition) is 5. The van der Waals surface area contributed by atoms with Crippen molar-refractivity contribution in [2.45, 2.75) is 0 Å². The predicted molar refractivity (Wildman–Crippen MR) is 114 cm³/mol. The number of halogens is 1. The van der Waals surface area contributed by atoms with E-state index in [-0.39, 0.29) is 5.91 Å². The zero-order valence-corrected chi connectivity index (χ0v) is 17.0. The summed E-state index contributed by atoms with van der Waals surface area (Å²) in [7, 11) is 1.56. The van der Waals surface area contributed by atoms with Gasteiger partial charge in [-0.2, -0.15) is 5.10 Å². The second-order valence-electron chi connectivity index (χ2n) is 5.89. The minimum absolute atomic E-state index is 0.330. The van der Waals surface area contributed by atoms with Crippen molar-refractivity contribution in [2.24, 2.45) is 5.10 Å². The van der Waals surface area contributed by atoms with Crippen molar-refractivity contribution in [1.82, 2.24) is 5.43 Å². The lowest BCUT2D eigenvalue weighted by molar-refractivity contribution is 0.0734. The van der Waals surface area contributed by atoms with Crippen LogP contribution in [0.5, 0.6) is 11.5 Å². The average Bonchev–Trinajstić information content (AvgIpc) is 2.75. The zero-order valence-electron chi connectivity index (χ0n) is 15.5. The molecule has 0 saturated carbocycles. The van der Waals surface area contributed by atoms with Crippen LogP contribution in [-0.4, -0.2) is 25.2 Å². The quantitative estimate of drug-likeness (QED) is 0.259. The normalized spacial score (nSPS) is 10.6. The van der Waals surface area contributed by atoms with Gasteiger partial charge in [0, 0.05) is 10.0 Å². The third kappa shape index (κ3) is 5.76. The van der Waals surface area contributed by atoms with Crippen LogP contribution >= 0.6 is 15.9 Å². The molecule has 0 bridgehead atoms. The number of rotatable bonds is 6. The number of hydrazone groups is 1. The Morgan fingerprint density at radius 3 is 2.07 bits per heavy atom. The Bertz CT molecular complexity index is 1010. The highest BCUT2D eigenvalue weighted by atomic mass is 79.9. The molecule has 29 heavy (non-hydrogen) atoms. The maximum Gasteiger partial charge on any atom is 0.343 e. The summed E-state index contributed by atoms with van der Waals surface area (Å²) in [5.41, 5.74) is 4.13. The lowest BCUT2D eigenvalue weighted by Gasteiger charge is -2.05. The molecule has 0 aromatic heterocycles. The summed E-state index contributed by atoms with van der Waals surface area (Å²) in [5, 5.41) is 3.94. The van der Waals surface area contributed by atoms with E-state index in [4.69, 9.17) is 9.47 Å². The lowest BCUT2D eigenvalue weighted by Crippen LogP contribution is -2.17. The van der Waals surface area contributed by atoms with Crippen LogP contribution in [0.25, 0.3) is 0 Å². The number of nitrogens with zero attached hydrogens (tertiary/aromatic N) is 1. The predicted octanol–water partition coefficient (Wildman–Crippen LogP) is 4.44. The van der Waals surface area contributed by atoms with E-state index in [2.05, 4.69) is 26.5 Å². The molecule has 0 saturated heterocycles. The van der Waals surface area contributed by atoms with E-state index in [0.29, 0.717) is 22.6 Å². The summed E-state index contributed by atoms with van der Waals surface area (Å²) in [5.74, 6) is 0.318. The fraction of sp³-hybridized carbons (Fsp3) is 0.0455. The van der Waals surface area contributed by atoms with Gasteiger partial charge in [0.1, 0.15) is 11.5 Å². The van der Waals surface area contributed by atoms with E-state index < -0.39 is 5.97 Å². The first kappa shape index (κ1) is 20.3. The Morgan fingerprint density at radius 2 is 1.45 bits per heavy atom. The number of carbonyl (C=O) groups excluding carboxylic acids is 2. The largest absolute Gasteiger partial charge is 0.497 e. The van der Waals surface area contributed by atoms with Crippen molar-refractivity contribution in [1.29, 1.82) is 0 Å². The van der Waals surface area contributed by atoms with Crippen LogP contribution in [-0.2, 0) is 0 Å². The molecule has 0 spiro atoms. The molecule has 0 heterocycles. The number of ether oxygens (including phenoxy) is 2. The van der Waals surface area contributed by atoms with Gasteiger partial charge in [-0.25, -0.2) is 10.2 Å². The molecule has 0 unspecified atom stereocenters. The number of carbonyl (C=O) groups is 2. The van der Waals surface area contributed by atoms with E-state index >= 15 is 0 Å². The Hall–Kier alpha value is -3.45. The number of esters is 1. The van der Waals surface area contributed by atoms with Gasteiger partial charge in [-0.05, 0) is 78.4 Å². The van der Waals surface area contributed by atoms with Crippen molar-refractivity contribution in [2.75, 3.05) is 7.11 Å². The molecule has 7 heteroatoms. The molecule has 0 aliphatic rings. The average molecular weight is 453 g/mol. The number of amides is 1. The topological polar surface area (TPSA) is 77.0 Å². The zero-order chi connectivity index (χ0) is 20.6. The summed E-state index contributed by atoms with van der Waals surface area (Å²) in [6.07, 6.45) is 1.50. The molecule has 3 aromatic carbocycles. The Kier molecular flexibility index (Phi) is 6.76. The van der Waals surface area contributed by atoms with Crippen LogP contribution < -0.4 is 14.9 Å². The van der Waals surface area contributed by atoms with Crippen LogP contribution in [0.1, 0.15) is 26.3 Å². The third-order valence-corrected chi connectivity index (χ3v) is 4.43. The molecule has 0 atom stereocenters. The maximum absolute atomic E-state index is 12.1. The minimum atomic E-state index is -0.439. The summed E-state index contributed by atoms with van der Waals surface area (Å²) >= 11 is 3.32. The molecule has 6 nitrogen and oxygen atoms in total. The molecule has 3 aromatic rings. The SMILES string of the molecule is COc1ccc(C(=O)N/N=C/c2ccc(OC(=O)c3ccc(Br)cc3)cc2)cc1. The van der Waals surface area contributed by atoms with Gasteiger partial charge in [0.05, 0.1) is 18.9 Å². The second kappa shape index (κ2) is 9.66. The van der Waals surface area contributed by atoms with Crippen molar-refractivity contribution in [3.05, 3.63) is 94.0 Å². The summed E-state index contributed by atoms with van der Waals surface area (Å²) in [6, 6.07) is 20.4. The van der Waals surface area contributed by atoms with Gasteiger partial charge in [-0.15, -0.1) is 0 Å². The van der Waals surface area contributed by atoms with Gasteiger partial charge in [0.2, 0.25) is 0 Å². The lowest BCUT2D eigenvalue weighted by atomic mass is 10.2. The van der Waals surface area contributed by atoms with Crippen LogP contribution in [0.4, 0.5) is 0 Å². The van der Waals surface area contributed by atoms with Crippen molar-refractivity contribution in [3.63, 3.8) is 0 Å². The van der Waals surface area contributed by atoms with Crippen LogP contribution in [0.15, 0.2) is 82.4 Å². The summed E-state index contributed by atoms with van der Waals surface area (Å²) in [6.45, 7) is 0. The molecule has 1 N–H and O–H groups in total. The van der Waals surface area contributed by atoms with Gasteiger partial charge in [-0.3, -0.25) is 4.79 Å². The highest BCUT2D eigenvalue weighted by Crippen LogP contribution is 2.16. The highest BCUT2D eigenvalue weighted by Gasteiger charge is 2.08.